The fraction of sp³-hybridized carbons (Fsp3) is 0.0857. The van der Waals surface area contributed by atoms with E-state index in [1.807, 2.05) is 12.1 Å². The lowest BCUT2D eigenvalue weighted by Gasteiger charge is -2.09. The molecule has 0 aliphatic heterocycles. The molecule has 0 atom stereocenters. The monoisotopic (exact) mass is 467 g/mol. The first-order valence-electron chi connectivity index (χ1n) is 12.3. The van der Waals surface area contributed by atoms with Crippen molar-refractivity contribution in [3.05, 3.63) is 160 Å². The first kappa shape index (κ1) is 24.8. The Balaban J connectivity index is 1.52. The van der Waals surface area contributed by atoms with Gasteiger partial charge in [-0.05, 0) is 77.4 Å². The Hall–Kier alpha value is -4.36. The average Bonchev–Trinajstić information content (AvgIpc) is 2.90. The van der Waals surface area contributed by atoms with Crippen molar-refractivity contribution >= 4 is 29.0 Å². The van der Waals surface area contributed by atoms with Crippen LogP contribution in [0.2, 0.25) is 0 Å². The number of rotatable bonds is 7. The van der Waals surface area contributed by atoms with Crippen LogP contribution in [0.1, 0.15) is 47.2 Å². The van der Waals surface area contributed by atoms with E-state index in [9.17, 15) is 0 Å². The molecule has 0 fully saturated rings. The van der Waals surface area contributed by atoms with Gasteiger partial charge in [-0.2, -0.15) is 0 Å². The summed E-state index contributed by atoms with van der Waals surface area (Å²) in [6, 6.07) is 35.9. The number of benzene rings is 4. The first-order chi connectivity index (χ1) is 17.5. The molecule has 2 N–H and O–H groups in total. The molecular weight excluding hydrogens is 434 g/mol. The third-order valence-electron chi connectivity index (χ3n) is 6.09. The van der Waals surface area contributed by atoms with Crippen molar-refractivity contribution in [2.75, 3.05) is 5.73 Å². The van der Waals surface area contributed by atoms with Gasteiger partial charge >= 0.3 is 0 Å². The van der Waals surface area contributed by atoms with E-state index in [-0.39, 0.29) is 0 Å². The van der Waals surface area contributed by atoms with Gasteiger partial charge in [-0.25, -0.2) is 0 Å². The van der Waals surface area contributed by atoms with Crippen molar-refractivity contribution in [1.82, 2.24) is 0 Å². The summed E-state index contributed by atoms with van der Waals surface area (Å²) in [7, 11) is 0. The van der Waals surface area contributed by atoms with Crippen LogP contribution in [0.4, 0.5) is 5.69 Å². The van der Waals surface area contributed by atoms with Gasteiger partial charge in [0.1, 0.15) is 0 Å². The minimum absolute atomic E-state index is 0.795. The molecule has 0 aliphatic rings. The first-order valence-corrected chi connectivity index (χ1v) is 12.3. The summed E-state index contributed by atoms with van der Waals surface area (Å²) in [5.41, 5.74) is 17.5. The predicted molar refractivity (Wildman–Crippen MR) is 158 cm³/mol. The van der Waals surface area contributed by atoms with E-state index in [2.05, 4.69) is 142 Å². The van der Waals surface area contributed by atoms with Crippen molar-refractivity contribution in [2.24, 2.45) is 0 Å². The molecule has 178 valence electrons. The minimum atomic E-state index is 0.795. The largest absolute Gasteiger partial charge is 0.399 e. The van der Waals surface area contributed by atoms with Crippen LogP contribution in [0, 0.1) is 6.92 Å². The molecule has 0 radical (unpaired) electrons. The van der Waals surface area contributed by atoms with Gasteiger partial charge in [0.05, 0.1) is 0 Å². The van der Waals surface area contributed by atoms with Crippen LogP contribution in [-0.2, 0) is 0 Å². The summed E-state index contributed by atoms with van der Waals surface area (Å²) >= 11 is 0. The van der Waals surface area contributed by atoms with Gasteiger partial charge in [-0.3, -0.25) is 0 Å². The summed E-state index contributed by atoms with van der Waals surface area (Å²) in [6.07, 6.45) is 10.9. The molecule has 0 unspecified atom stereocenters. The Bertz CT molecular complexity index is 1360. The van der Waals surface area contributed by atoms with Crippen LogP contribution in [0.5, 0.6) is 0 Å². The lowest BCUT2D eigenvalue weighted by atomic mass is 9.96. The Morgan fingerprint density at radius 1 is 0.611 bits per heavy atom. The number of hydrogen-bond donors (Lipinski definition) is 1. The molecular formula is C35H33N. The van der Waals surface area contributed by atoms with E-state index < -0.39 is 0 Å². The van der Waals surface area contributed by atoms with Crippen LogP contribution in [0.15, 0.2) is 127 Å². The highest BCUT2D eigenvalue weighted by Crippen LogP contribution is 2.25. The van der Waals surface area contributed by atoms with Crippen LogP contribution in [0.3, 0.4) is 0 Å². The van der Waals surface area contributed by atoms with Gasteiger partial charge in [-0.15, -0.1) is 0 Å². The molecule has 0 heterocycles. The fourth-order valence-electron chi connectivity index (χ4n) is 4.19. The minimum Gasteiger partial charge on any atom is -0.399 e. The maximum Gasteiger partial charge on any atom is 0.0322 e. The number of anilines is 1. The molecule has 0 aliphatic carbocycles. The highest BCUT2D eigenvalue weighted by Gasteiger charge is 2.04. The maximum atomic E-state index is 5.97. The number of aryl methyl sites for hydroxylation is 1. The molecule has 0 amide bonds. The Labute approximate surface area is 215 Å². The summed E-state index contributed by atoms with van der Waals surface area (Å²) in [6.45, 7) is 6.37. The van der Waals surface area contributed by atoms with Gasteiger partial charge in [0.25, 0.3) is 0 Å². The van der Waals surface area contributed by atoms with Gasteiger partial charge in [0.15, 0.2) is 0 Å². The molecule has 4 aromatic carbocycles. The van der Waals surface area contributed by atoms with Gasteiger partial charge in [0, 0.05) is 5.69 Å². The van der Waals surface area contributed by atoms with Crippen molar-refractivity contribution in [2.45, 2.75) is 20.8 Å². The third-order valence-corrected chi connectivity index (χ3v) is 6.09. The van der Waals surface area contributed by atoms with Crippen molar-refractivity contribution in [3.63, 3.8) is 0 Å². The molecule has 36 heavy (non-hydrogen) atoms. The molecule has 0 aromatic heterocycles. The zero-order chi connectivity index (χ0) is 25.3. The van der Waals surface area contributed by atoms with Crippen molar-refractivity contribution in [1.29, 1.82) is 0 Å². The lowest BCUT2D eigenvalue weighted by molar-refractivity contribution is 1.46. The van der Waals surface area contributed by atoms with Crippen LogP contribution in [0.25, 0.3) is 23.3 Å². The Morgan fingerprint density at radius 3 is 1.78 bits per heavy atom. The van der Waals surface area contributed by atoms with E-state index >= 15 is 0 Å². The number of nitrogen functional groups attached to an aromatic ring is 1. The second kappa shape index (κ2) is 11.9. The van der Waals surface area contributed by atoms with E-state index in [1.54, 1.807) is 0 Å². The quantitative estimate of drug-likeness (QED) is 0.164. The zero-order valence-corrected chi connectivity index (χ0v) is 21.3. The molecule has 0 bridgehead atoms. The fourth-order valence-corrected chi connectivity index (χ4v) is 4.19. The third kappa shape index (κ3) is 6.84. The summed E-state index contributed by atoms with van der Waals surface area (Å²) < 4.78 is 0. The van der Waals surface area contributed by atoms with E-state index in [0.717, 1.165) is 16.8 Å². The molecule has 4 rings (SSSR count). The van der Waals surface area contributed by atoms with Crippen molar-refractivity contribution in [3.8, 4) is 0 Å². The number of nitrogens with two attached hydrogens (primary N) is 1. The van der Waals surface area contributed by atoms with Crippen LogP contribution < -0.4 is 5.73 Å². The van der Waals surface area contributed by atoms with Crippen LogP contribution >= 0.6 is 0 Å². The Kier molecular flexibility index (Phi) is 8.16. The molecule has 0 saturated carbocycles. The predicted octanol–water partition coefficient (Wildman–Crippen LogP) is 9.23. The van der Waals surface area contributed by atoms with E-state index in [4.69, 9.17) is 5.73 Å². The molecule has 1 nitrogen and oxygen atoms in total. The molecule has 4 aromatic rings. The van der Waals surface area contributed by atoms with Gasteiger partial charge in [-0.1, -0.05) is 127 Å². The average molecular weight is 468 g/mol. The topological polar surface area (TPSA) is 26.0 Å². The lowest BCUT2D eigenvalue weighted by Crippen LogP contribution is -1.88. The normalized spacial score (nSPS) is 12.1. The summed E-state index contributed by atoms with van der Waals surface area (Å²) in [5.74, 6) is 0. The highest BCUT2D eigenvalue weighted by molar-refractivity contribution is 5.81. The van der Waals surface area contributed by atoms with Crippen LogP contribution in [-0.4, -0.2) is 0 Å². The second-order valence-electron chi connectivity index (χ2n) is 9.18. The van der Waals surface area contributed by atoms with E-state index in [1.165, 1.54) is 39.0 Å². The van der Waals surface area contributed by atoms with E-state index in [0.29, 0.717) is 0 Å². The molecule has 0 spiro atoms. The summed E-state index contributed by atoms with van der Waals surface area (Å²) in [5, 5.41) is 0. The smallest absolute Gasteiger partial charge is 0.0322 e. The Morgan fingerprint density at radius 2 is 1.19 bits per heavy atom. The van der Waals surface area contributed by atoms with Gasteiger partial charge in [0.2, 0.25) is 0 Å². The highest BCUT2D eigenvalue weighted by atomic mass is 14.5. The summed E-state index contributed by atoms with van der Waals surface area (Å²) in [4.78, 5) is 0. The second-order valence-corrected chi connectivity index (χ2v) is 9.18. The van der Waals surface area contributed by atoms with Crippen molar-refractivity contribution < 1.29 is 0 Å². The standard InChI is InChI=1S/C35H33N/c1-26(24-35(32-10-6-4-7-11-32)33-12-8-5-9-13-33)14-15-28(3)31-20-18-29(19-21-31)16-17-30-22-27(2)23-34(36)25-30/h4-25H,36H2,1-3H3/b17-16+,26-14+,28-15+. The zero-order valence-electron chi connectivity index (χ0n) is 21.3. The van der Waals surface area contributed by atoms with Gasteiger partial charge < -0.3 is 5.73 Å². The molecule has 1 heteroatoms. The molecule has 0 saturated heterocycles. The number of hydrogen-bond acceptors (Lipinski definition) is 1. The number of allylic oxidation sites excluding steroid dienone is 5. The maximum absolute atomic E-state index is 5.97. The SMILES string of the molecule is C/C(C=C(c1ccccc1)c1ccccc1)=C\C=C(/C)c1ccc(/C=C/c2cc(C)cc(N)c2)cc1.